The average Bonchev–Trinajstić information content (AvgIpc) is 2.77. The lowest BCUT2D eigenvalue weighted by Crippen LogP contribution is -2.29. The van der Waals surface area contributed by atoms with Gasteiger partial charge in [0.2, 0.25) is 10.0 Å². The van der Waals surface area contributed by atoms with Gasteiger partial charge in [-0.25, -0.2) is 8.42 Å². The average molecular weight is 439 g/mol. The minimum Gasteiger partial charge on any atom is -0.486 e. The minimum atomic E-state index is -3.50. The minimum absolute atomic E-state index is 0.211. The molecule has 3 aromatic carbocycles. The Labute approximate surface area is 181 Å². The molecule has 8 heteroatoms. The van der Waals surface area contributed by atoms with Crippen molar-refractivity contribution < 1.29 is 22.7 Å². The number of amides is 1. The van der Waals surface area contributed by atoms with E-state index in [2.05, 4.69) is 5.32 Å². The predicted molar refractivity (Wildman–Crippen MR) is 119 cm³/mol. The van der Waals surface area contributed by atoms with Crippen LogP contribution >= 0.6 is 0 Å². The van der Waals surface area contributed by atoms with Crippen LogP contribution in [0.2, 0.25) is 0 Å². The molecule has 31 heavy (non-hydrogen) atoms. The van der Waals surface area contributed by atoms with Crippen molar-refractivity contribution in [3.05, 3.63) is 83.9 Å². The Hall–Kier alpha value is -3.52. The van der Waals surface area contributed by atoms with E-state index in [1.54, 1.807) is 42.5 Å². The van der Waals surface area contributed by atoms with Crippen LogP contribution in [-0.2, 0) is 16.6 Å². The zero-order chi connectivity index (χ0) is 21.8. The molecule has 1 heterocycles. The van der Waals surface area contributed by atoms with Crippen molar-refractivity contribution in [2.45, 2.75) is 6.54 Å². The largest absolute Gasteiger partial charge is 0.486 e. The first kappa shape index (κ1) is 20.7. The number of hydrogen-bond acceptors (Lipinski definition) is 5. The number of carbonyl (C=O) groups excluding carboxylic acids is 1. The lowest BCUT2D eigenvalue weighted by molar-refractivity contribution is 0.102. The molecule has 1 aliphatic rings. The molecule has 0 atom stereocenters. The van der Waals surface area contributed by atoms with Gasteiger partial charge < -0.3 is 14.8 Å². The fourth-order valence-electron chi connectivity index (χ4n) is 3.25. The monoisotopic (exact) mass is 438 g/mol. The molecular weight excluding hydrogens is 416 g/mol. The first-order chi connectivity index (χ1) is 14.9. The maximum Gasteiger partial charge on any atom is 0.255 e. The molecule has 1 N–H and O–H groups in total. The highest BCUT2D eigenvalue weighted by molar-refractivity contribution is 7.92. The van der Waals surface area contributed by atoms with E-state index in [9.17, 15) is 13.2 Å². The number of nitrogens with one attached hydrogen (secondary N) is 1. The van der Waals surface area contributed by atoms with E-state index in [4.69, 9.17) is 9.47 Å². The Balaban J connectivity index is 1.50. The number of fused-ring (bicyclic) bond motifs is 1. The van der Waals surface area contributed by atoms with Crippen LogP contribution in [0.3, 0.4) is 0 Å². The summed E-state index contributed by atoms with van der Waals surface area (Å²) in [5, 5.41) is 2.82. The fraction of sp³-hybridized carbons (Fsp3) is 0.174. The van der Waals surface area contributed by atoms with Crippen molar-refractivity contribution in [2.24, 2.45) is 0 Å². The summed E-state index contributed by atoms with van der Waals surface area (Å²) in [6, 6.07) is 21.0. The highest BCUT2D eigenvalue weighted by atomic mass is 32.2. The third-order valence-electron chi connectivity index (χ3n) is 4.79. The number of carbonyl (C=O) groups is 1. The van der Waals surface area contributed by atoms with Crippen LogP contribution in [-0.4, -0.2) is 33.8 Å². The van der Waals surface area contributed by atoms with Gasteiger partial charge >= 0.3 is 0 Å². The van der Waals surface area contributed by atoms with Crippen molar-refractivity contribution in [3.8, 4) is 11.5 Å². The molecule has 160 valence electrons. The second-order valence-corrected chi connectivity index (χ2v) is 9.02. The van der Waals surface area contributed by atoms with Crippen LogP contribution in [0.15, 0.2) is 72.8 Å². The molecular formula is C23H22N2O5S. The normalized spacial score (nSPS) is 12.8. The zero-order valence-corrected chi connectivity index (χ0v) is 17.8. The van der Waals surface area contributed by atoms with E-state index >= 15 is 0 Å². The van der Waals surface area contributed by atoms with E-state index < -0.39 is 10.0 Å². The first-order valence-electron chi connectivity index (χ1n) is 9.73. The van der Waals surface area contributed by atoms with Crippen LogP contribution in [0.5, 0.6) is 11.5 Å². The van der Waals surface area contributed by atoms with E-state index in [-0.39, 0.29) is 12.5 Å². The molecule has 0 bridgehead atoms. The van der Waals surface area contributed by atoms with Gasteiger partial charge in [0.25, 0.3) is 5.91 Å². The first-order valence-corrected chi connectivity index (χ1v) is 11.6. The second-order valence-electron chi connectivity index (χ2n) is 7.11. The van der Waals surface area contributed by atoms with Gasteiger partial charge in [0.05, 0.1) is 18.5 Å². The number of benzene rings is 3. The summed E-state index contributed by atoms with van der Waals surface area (Å²) in [5.41, 5.74) is 2.35. The molecule has 1 aliphatic heterocycles. The quantitative estimate of drug-likeness (QED) is 0.635. The molecule has 0 unspecified atom stereocenters. The van der Waals surface area contributed by atoms with Crippen LogP contribution in [0, 0.1) is 0 Å². The molecule has 7 nitrogen and oxygen atoms in total. The molecule has 1 amide bonds. The maximum atomic E-state index is 12.6. The SMILES string of the molecule is CS(=O)(=O)N(Cc1ccccc1)c1ccc(C(=O)Nc2ccc3c(c2)OCCO3)cc1. The molecule has 0 spiro atoms. The van der Waals surface area contributed by atoms with E-state index in [1.807, 2.05) is 30.3 Å². The number of sulfonamides is 1. The summed E-state index contributed by atoms with van der Waals surface area (Å²) < 4.78 is 37.0. The standard InChI is InChI=1S/C23H22N2O5S/c1-31(27,28)25(16-17-5-3-2-4-6-17)20-10-7-18(8-11-20)23(26)24-19-9-12-21-22(15-19)30-14-13-29-21/h2-12,15H,13-14,16H2,1H3,(H,24,26). The smallest absolute Gasteiger partial charge is 0.255 e. The molecule has 0 radical (unpaired) electrons. The Morgan fingerprint density at radius 1 is 0.935 bits per heavy atom. The lowest BCUT2D eigenvalue weighted by atomic mass is 10.1. The molecule has 0 saturated heterocycles. The number of hydrogen-bond donors (Lipinski definition) is 1. The van der Waals surface area contributed by atoms with Crippen molar-refractivity contribution in [1.29, 1.82) is 0 Å². The van der Waals surface area contributed by atoms with E-state index in [1.165, 1.54) is 10.6 Å². The third-order valence-corrected chi connectivity index (χ3v) is 5.93. The molecule has 4 rings (SSSR count). The number of rotatable bonds is 6. The van der Waals surface area contributed by atoms with Crippen molar-refractivity contribution in [1.82, 2.24) is 0 Å². The Bertz CT molecular complexity index is 1180. The summed E-state index contributed by atoms with van der Waals surface area (Å²) in [6.45, 7) is 1.17. The lowest BCUT2D eigenvalue weighted by Gasteiger charge is -2.22. The van der Waals surface area contributed by atoms with Crippen molar-refractivity contribution in [2.75, 3.05) is 29.1 Å². The summed E-state index contributed by atoms with van der Waals surface area (Å²) in [7, 11) is -3.50. The summed E-state index contributed by atoms with van der Waals surface area (Å²) in [5.74, 6) is 0.925. The van der Waals surface area contributed by atoms with Crippen LogP contribution in [0.4, 0.5) is 11.4 Å². The van der Waals surface area contributed by atoms with Gasteiger partial charge in [-0.05, 0) is 42.0 Å². The molecule has 0 aliphatic carbocycles. The summed E-state index contributed by atoms with van der Waals surface area (Å²) in [6.07, 6.45) is 1.17. The van der Waals surface area contributed by atoms with Crippen LogP contribution < -0.4 is 19.1 Å². The molecule has 0 saturated carbocycles. The van der Waals surface area contributed by atoms with Gasteiger partial charge in [-0.1, -0.05) is 30.3 Å². The van der Waals surface area contributed by atoms with Gasteiger partial charge in [-0.3, -0.25) is 9.10 Å². The molecule has 0 aromatic heterocycles. The van der Waals surface area contributed by atoms with Gasteiger partial charge in [0.1, 0.15) is 13.2 Å². The third kappa shape index (κ3) is 4.97. The van der Waals surface area contributed by atoms with Crippen molar-refractivity contribution in [3.63, 3.8) is 0 Å². The molecule has 0 fully saturated rings. The summed E-state index contributed by atoms with van der Waals surface area (Å²) >= 11 is 0. The van der Waals surface area contributed by atoms with Gasteiger partial charge in [-0.15, -0.1) is 0 Å². The maximum absolute atomic E-state index is 12.6. The summed E-state index contributed by atoms with van der Waals surface area (Å²) in [4.78, 5) is 12.6. The van der Waals surface area contributed by atoms with E-state index in [0.717, 1.165) is 5.56 Å². The van der Waals surface area contributed by atoms with E-state index in [0.29, 0.717) is 41.7 Å². The van der Waals surface area contributed by atoms with Gasteiger partial charge in [0.15, 0.2) is 11.5 Å². The Morgan fingerprint density at radius 2 is 1.61 bits per heavy atom. The van der Waals surface area contributed by atoms with Gasteiger partial charge in [0, 0.05) is 17.3 Å². The number of anilines is 2. The Kier molecular flexibility index (Phi) is 5.81. The number of ether oxygens (including phenoxy) is 2. The van der Waals surface area contributed by atoms with Crippen LogP contribution in [0.1, 0.15) is 15.9 Å². The molecule has 3 aromatic rings. The van der Waals surface area contributed by atoms with Gasteiger partial charge in [-0.2, -0.15) is 0 Å². The Morgan fingerprint density at radius 3 is 2.29 bits per heavy atom. The van der Waals surface area contributed by atoms with Crippen LogP contribution in [0.25, 0.3) is 0 Å². The number of nitrogens with zero attached hydrogens (tertiary/aromatic N) is 1. The zero-order valence-electron chi connectivity index (χ0n) is 16.9. The predicted octanol–water partition coefficient (Wildman–Crippen LogP) is 3.68. The van der Waals surface area contributed by atoms with Crippen molar-refractivity contribution >= 4 is 27.3 Å². The fourth-order valence-corrected chi connectivity index (χ4v) is 4.14. The second kappa shape index (κ2) is 8.69. The topological polar surface area (TPSA) is 84.9 Å². The highest BCUT2D eigenvalue weighted by Crippen LogP contribution is 2.32. The highest BCUT2D eigenvalue weighted by Gasteiger charge is 2.19.